The van der Waals surface area contributed by atoms with Crippen molar-refractivity contribution in [1.82, 2.24) is 14.5 Å². The van der Waals surface area contributed by atoms with E-state index < -0.39 is 0 Å². The fraction of sp³-hybridized carbons (Fsp3) is 0.0588. The SMILES string of the molecule is Clc1cnc2ccc(Cn3cc(I)c4ncccc43)cc2c1. The molecule has 3 heterocycles. The summed E-state index contributed by atoms with van der Waals surface area (Å²) in [5.41, 5.74) is 4.38. The van der Waals surface area contributed by atoms with Gasteiger partial charge in [0.15, 0.2) is 0 Å². The zero-order chi connectivity index (χ0) is 15.1. The fourth-order valence-electron chi connectivity index (χ4n) is 2.66. The molecule has 108 valence electrons. The number of rotatable bonds is 2. The fourth-order valence-corrected chi connectivity index (χ4v) is 3.58. The first-order valence-corrected chi connectivity index (χ1v) is 8.30. The van der Waals surface area contributed by atoms with Crippen LogP contribution in [0.1, 0.15) is 5.56 Å². The van der Waals surface area contributed by atoms with Crippen molar-refractivity contribution < 1.29 is 0 Å². The van der Waals surface area contributed by atoms with Crippen molar-refractivity contribution in [3.63, 3.8) is 0 Å². The predicted molar refractivity (Wildman–Crippen MR) is 98.3 cm³/mol. The van der Waals surface area contributed by atoms with E-state index in [-0.39, 0.29) is 0 Å². The summed E-state index contributed by atoms with van der Waals surface area (Å²) >= 11 is 8.37. The van der Waals surface area contributed by atoms with Gasteiger partial charge in [0.05, 0.1) is 19.6 Å². The number of aromatic nitrogens is 3. The van der Waals surface area contributed by atoms with Crippen LogP contribution < -0.4 is 0 Å². The summed E-state index contributed by atoms with van der Waals surface area (Å²) in [5.74, 6) is 0. The van der Waals surface area contributed by atoms with Gasteiger partial charge in [-0.25, -0.2) is 0 Å². The van der Waals surface area contributed by atoms with Crippen LogP contribution in [0.5, 0.6) is 0 Å². The van der Waals surface area contributed by atoms with Gasteiger partial charge in [-0.15, -0.1) is 0 Å². The average molecular weight is 420 g/mol. The van der Waals surface area contributed by atoms with Crippen LogP contribution in [0.4, 0.5) is 0 Å². The Morgan fingerprint density at radius 2 is 2.05 bits per heavy atom. The molecular formula is C17H11ClIN3. The maximum absolute atomic E-state index is 6.04. The van der Waals surface area contributed by atoms with Crippen LogP contribution in [0.15, 0.2) is 55.0 Å². The molecule has 0 atom stereocenters. The number of benzene rings is 1. The molecule has 0 aliphatic carbocycles. The molecule has 0 radical (unpaired) electrons. The van der Waals surface area contributed by atoms with Crippen molar-refractivity contribution in [1.29, 1.82) is 0 Å². The van der Waals surface area contributed by atoms with E-state index in [1.807, 2.05) is 24.4 Å². The van der Waals surface area contributed by atoms with Crippen LogP contribution in [0.2, 0.25) is 5.02 Å². The van der Waals surface area contributed by atoms with Gasteiger partial charge in [0.2, 0.25) is 0 Å². The van der Waals surface area contributed by atoms with Crippen molar-refractivity contribution in [2.24, 2.45) is 0 Å². The minimum Gasteiger partial charge on any atom is -0.341 e. The van der Waals surface area contributed by atoms with Gasteiger partial charge in [-0.2, -0.15) is 0 Å². The summed E-state index contributed by atoms with van der Waals surface area (Å²) in [6.45, 7) is 0.799. The second-order valence-electron chi connectivity index (χ2n) is 5.16. The first kappa shape index (κ1) is 14.0. The molecule has 0 saturated heterocycles. The van der Waals surface area contributed by atoms with Crippen LogP contribution in [0.3, 0.4) is 0 Å². The molecule has 0 unspecified atom stereocenters. The third-order valence-electron chi connectivity index (χ3n) is 3.66. The quantitative estimate of drug-likeness (QED) is 0.433. The molecule has 0 spiro atoms. The molecular weight excluding hydrogens is 409 g/mol. The Bertz CT molecular complexity index is 994. The normalized spacial score (nSPS) is 11.4. The number of nitrogens with zero attached hydrogens (tertiary/aromatic N) is 3. The molecule has 0 bridgehead atoms. The predicted octanol–water partition coefficient (Wildman–Crippen LogP) is 4.89. The van der Waals surface area contributed by atoms with E-state index in [0.29, 0.717) is 5.02 Å². The lowest BCUT2D eigenvalue weighted by Gasteiger charge is -2.07. The van der Waals surface area contributed by atoms with E-state index in [1.54, 1.807) is 6.20 Å². The van der Waals surface area contributed by atoms with Crippen molar-refractivity contribution in [2.45, 2.75) is 6.54 Å². The molecule has 0 fully saturated rings. The maximum atomic E-state index is 6.04. The van der Waals surface area contributed by atoms with Gasteiger partial charge in [-0.1, -0.05) is 17.7 Å². The minimum atomic E-state index is 0.662. The third kappa shape index (κ3) is 2.46. The van der Waals surface area contributed by atoms with Gasteiger partial charge >= 0.3 is 0 Å². The summed E-state index contributed by atoms with van der Waals surface area (Å²) in [6.07, 6.45) is 5.65. The van der Waals surface area contributed by atoms with Crippen molar-refractivity contribution >= 4 is 56.1 Å². The topological polar surface area (TPSA) is 30.7 Å². The molecule has 4 rings (SSSR count). The van der Waals surface area contributed by atoms with E-state index in [2.05, 4.69) is 61.5 Å². The van der Waals surface area contributed by atoms with Crippen molar-refractivity contribution in [3.05, 3.63) is 69.1 Å². The number of halogens is 2. The number of pyridine rings is 2. The Balaban J connectivity index is 1.79. The Kier molecular flexibility index (Phi) is 3.50. The Morgan fingerprint density at radius 3 is 2.95 bits per heavy atom. The molecule has 0 aliphatic rings. The molecule has 0 aliphatic heterocycles. The Hall–Kier alpha value is -1.66. The highest BCUT2D eigenvalue weighted by Crippen LogP contribution is 2.23. The molecule has 3 aromatic heterocycles. The van der Waals surface area contributed by atoms with Gasteiger partial charge in [-0.3, -0.25) is 9.97 Å². The van der Waals surface area contributed by atoms with Crippen LogP contribution in [0, 0.1) is 3.57 Å². The van der Waals surface area contributed by atoms with Crippen LogP contribution in [-0.2, 0) is 6.54 Å². The second kappa shape index (κ2) is 5.52. The zero-order valence-corrected chi connectivity index (χ0v) is 14.4. The Morgan fingerprint density at radius 1 is 1.14 bits per heavy atom. The molecule has 0 amide bonds. The first-order valence-electron chi connectivity index (χ1n) is 6.84. The van der Waals surface area contributed by atoms with Crippen LogP contribution in [0.25, 0.3) is 21.9 Å². The van der Waals surface area contributed by atoms with Gasteiger partial charge in [0.25, 0.3) is 0 Å². The first-order chi connectivity index (χ1) is 10.7. The Labute approximate surface area is 146 Å². The molecule has 22 heavy (non-hydrogen) atoms. The summed E-state index contributed by atoms with van der Waals surface area (Å²) < 4.78 is 3.39. The van der Waals surface area contributed by atoms with Gasteiger partial charge in [0.1, 0.15) is 5.52 Å². The molecule has 0 saturated carbocycles. The van der Waals surface area contributed by atoms with Gasteiger partial charge < -0.3 is 4.57 Å². The number of hydrogen-bond donors (Lipinski definition) is 0. The summed E-state index contributed by atoms with van der Waals surface area (Å²) in [7, 11) is 0. The highest BCUT2D eigenvalue weighted by Gasteiger charge is 2.08. The van der Waals surface area contributed by atoms with Gasteiger partial charge in [-0.05, 0) is 58.5 Å². The number of fused-ring (bicyclic) bond motifs is 2. The highest BCUT2D eigenvalue weighted by atomic mass is 127. The smallest absolute Gasteiger partial charge is 0.101 e. The second-order valence-corrected chi connectivity index (χ2v) is 6.76. The minimum absolute atomic E-state index is 0.662. The lowest BCUT2D eigenvalue weighted by atomic mass is 10.1. The molecule has 5 heteroatoms. The van der Waals surface area contributed by atoms with E-state index in [9.17, 15) is 0 Å². The van der Waals surface area contributed by atoms with Crippen LogP contribution in [-0.4, -0.2) is 14.5 Å². The molecule has 0 N–H and O–H groups in total. The van der Waals surface area contributed by atoms with Crippen LogP contribution >= 0.6 is 34.2 Å². The summed E-state index contributed by atoms with van der Waals surface area (Å²) in [5, 5.41) is 1.73. The largest absolute Gasteiger partial charge is 0.341 e. The van der Waals surface area contributed by atoms with Gasteiger partial charge in [0, 0.05) is 30.5 Å². The average Bonchev–Trinajstić information content (AvgIpc) is 2.84. The van der Waals surface area contributed by atoms with E-state index in [0.717, 1.165) is 28.5 Å². The monoisotopic (exact) mass is 419 g/mol. The highest BCUT2D eigenvalue weighted by molar-refractivity contribution is 14.1. The van der Waals surface area contributed by atoms with Crippen molar-refractivity contribution in [2.75, 3.05) is 0 Å². The van der Waals surface area contributed by atoms with Crippen molar-refractivity contribution in [3.8, 4) is 0 Å². The lowest BCUT2D eigenvalue weighted by molar-refractivity contribution is 0.836. The van der Waals surface area contributed by atoms with E-state index >= 15 is 0 Å². The maximum Gasteiger partial charge on any atom is 0.101 e. The lowest BCUT2D eigenvalue weighted by Crippen LogP contribution is -1.98. The summed E-state index contributed by atoms with van der Waals surface area (Å²) in [6, 6.07) is 12.3. The molecule has 1 aromatic carbocycles. The van der Waals surface area contributed by atoms with E-state index in [1.165, 1.54) is 9.13 Å². The zero-order valence-electron chi connectivity index (χ0n) is 11.5. The molecule has 4 aromatic rings. The number of hydrogen-bond acceptors (Lipinski definition) is 2. The standard InChI is InChI=1S/C17H11ClIN3/c18-13-7-12-6-11(3-4-15(12)21-8-13)9-22-10-14(19)17-16(22)2-1-5-20-17/h1-8,10H,9H2. The third-order valence-corrected chi connectivity index (χ3v) is 4.65. The molecule has 3 nitrogen and oxygen atoms in total. The summed E-state index contributed by atoms with van der Waals surface area (Å²) in [4.78, 5) is 8.78. The van der Waals surface area contributed by atoms with E-state index in [4.69, 9.17) is 11.6 Å².